The molecule has 1 rings (SSSR count). The Morgan fingerprint density at radius 3 is 2.43 bits per heavy atom. The SMILES string of the molecule is C=COCCOCCOCCOc1cc([N+](=O)[O-])ccc1NC. The van der Waals surface area contributed by atoms with Crippen molar-refractivity contribution in [3.05, 3.63) is 41.2 Å². The van der Waals surface area contributed by atoms with E-state index in [1.807, 2.05) is 0 Å². The van der Waals surface area contributed by atoms with Crippen LogP contribution in [-0.4, -0.2) is 51.6 Å². The summed E-state index contributed by atoms with van der Waals surface area (Å²) in [7, 11) is 1.72. The minimum atomic E-state index is -0.462. The number of non-ortho nitro benzene ring substituents is 1. The van der Waals surface area contributed by atoms with E-state index < -0.39 is 4.92 Å². The number of ether oxygens (including phenoxy) is 4. The van der Waals surface area contributed by atoms with Crippen molar-refractivity contribution in [1.29, 1.82) is 0 Å². The van der Waals surface area contributed by atoms with Gasteiger partial charge >= 0.3 is 0 Å². The molecule has 0 unspecified atom stereocenters. The van der Waals surface area contributed by atoms with Gasteiger partial charge < -0.3 is 24.3 Å². The fraction of sp³-hybridized carbons (Fsp3) is 0.467. The van der Waals surface area contributed by atoms with Crippen LogP contribution in [0, 0.1) is 10.1 Å². The number of nitrogens with one attached hydrogen (secondary N) is 1. The summed E-state index contributed by atoms with van der Waals surface area (Å²) in [6.07, 6.45) is 1.37. The van der Waals surface area contributed by atoms with Gasteiger partial charge in [-0.3, -0.25) is 10.1 Å². The Labute approximate surface area is 135 Å². The molecule has 0 aliphatic rings. The highest BCUT2D eigenvalue weighted by molar-refractivity contribution is 5.60. The van der Waals surface area contributed by atoms with Gasteiger partial charge in [-0.15, -0.1) is 0 Å². The molecular formula is C15H22N2O6. The normalized spacial score (nSPS) is 10.1. The van der Waals surface area contributed by atoms with Gasteiger partial charge in [-0.25, -0.2) is 0 Å². The number of hydrogen-bond donors (Lipinski definition) is 1. The molecular weight excluding hydrogens is 304 g/mol. The minimum absolute atomic E-state index is 0.0185. The van der Waals surface area contributed by atoms with E-state index in [0.717, 1.165) is 0 Å². The molecule has 128 valence electrons. The predicted molar refractivity (Wildman–Crippen MR) is 85.9 cm³/mol. The first-order valence-corrected chi connectivity index (χ1v) is 7.16. The van der Waals surface area contributed by atoms with Gasteiger partial charge in [0.25, 0.3) is 5.69 Å². The van der Waals surface area contributed by atoms with E-state index in [2.05, 4.69) is 11.9 Å². The topological polar surface area (TPSA) is 92.1 Å². The van der Waals surface area contributed by atoms with Gasteiger partial charge in [0, 0.05) is 13.1 Å². The Hall–Kier alpha value is -2.32. The number of benzene rings is 1. The summed E-state index contributed by atoms with van der Waals surface area (Å²) in [6, 6.07) is 4.41. The maximum Gasteiger partial charge on any atom is 0.273 e. The molecule has 0 aliphatic heterocycles. The monoisotopic (exact) mass is 326 g/mol. The molecule has 0 heterocycles. The molecule has 1 aromatic carbocycles. The smallest absolute Gasteiger partial charge is 0.273 e. The molecule has 0 saturated carbocycles. The highest BCUT2D eigenvalue weighted by Gasteiger charge is 2.11. The summed E-state index contributed by atoms with van der Waals surface area (Å²) < 4.78 is 21.0. The van der Waals surface area contributed by atoms with Crippen LogP contribution in [0.3, 0.4) is 0 Å². The van der Waals surface area contributed by atoms with E-state index in [0.29, 0.717) is 44.5 Å². The second-order valence-corrected chi connectivity index (χ2v) is 4.30. The van der Waals surface area contributed by atoms with E-state index in [9.17, 15) is 10.1 Å². The quantitative estimate of drug-likeness (QED) is 0.257. The number of nitro benzene ring substituents is 1. The lowest BCUT2D eigenvalue weighted by atomic mass is 10.2. The number of hydrogen-bond acceptors (Lipinski definition) is 7. The summed E-state index contributed by atoms with van der Waals surface area (Å²) in [6.45, 7) is 5.90. The molecule has 0 fully saturated rings. The molecule has 0 aliphatic carbocycles. The van der Waals surface area contributed by atoms with Gasteiger partial charge in [0.2, 0.25) is 0 Å². The van der Waals surface area contributed by atoms with Gasteiger partial charge in [-0.1, -0.05) is 6.58 Å². The maximum atomic E-state index is 10.8. The summed E-state index contributed by atoms with van der Waals surface area (Å²) >= 11 is 0. The highest BCUT2D eigenvalue weighted by Crippen LogP contribution is 2.28. The third-order valence-electron chi connectivity index (χ3n) is 2.77. The Morgan fingerprint density at radius 1 is 1.17 bits per heavy atom. The van der Waals surface area contributed by atoms with Crippen molar-refractivity contribution in [2.24, 2.45) is 0 Å². The first kappa shape index (κ1) is 18.7. The van der Waals surface area contributed by atoms with Gasteiger partial charge in [-0.05, 0) is 6.07 Å². The molecule has 23 heavy (non-hydrogen) atoms. The Morgan fingerprint density at radius 2 is 1.83 bits per heavy atom. The van der Waals surface area contributed by atoms with Crippen LogP contribution in [0.25, 0.3) is 0 Å². The molecule has 1 aromatic rings. The van der Waals surface area contributed by atoms with Crippen molar-refractivity contribution in [3.8, 4) is 5.75 Å². The lowest BCUT2D eigenvalue weighted by Gasteiger charge is -2.11. The van der Waals surface area contributed by atoms with Crippen LogP contribution in [0.1, 0.15) is 0 Å². The number of anilines is 1. The number of rotatable bonds is 13. The van der Waals surface area contributed by atoms with Gasteiger partial charge in [0.05, 0.1) is 49.4 Å². The van der Waals surface area contributed by atoms with E-state index in [1.54, 1.807) is 13.1 Å². The molecule has 0 amide bonds. The standard InChI is InChI=1S/C15H22N2O6/c1-3-20-6-7-21-8-9-22-10-11-23-15-12-13(17(18)19)4-5-14(15)16-2/h3-5,12,16H,1,6-11H2,2H3. The third kappa shape index (κ3) is 7.48. The predicted octanol–water partition coefficient (Wildman–Crippen LogP) is 2.21. The molecule has 8 heteroatoms. The Balaban J connectivity index is 2.21. The second-order valence-electron chi connectivity index (χ2n) is 4.30. The van der Waals surface area contributed by atoms with Crippen LogP contribution < -0.4 is 10.1 Å². The molecule has 0 radical (unpaired) electrons. The van der Waals surface area contributed by atoms with Crippen molar-refractivity contribution < 1.29 is 23.9 Å². The average molecular weight is 326 g/mol. The zero-order chi connectivity index (χ0) is 16.9. The van der Waals surface area contributed by atoms with Crippen LogP contribution in [0.15, 0.2) is 31.0 Å². The summed E-state index contributed by atoms with van der Waals surface area (Å²) in [5.41, 5.74) is 0.663. The first-order valence-electron chi connectivity index (χ1n) is 7.16. The fourth-order valence-corrected chi connectivity index (χ4v) is 1.67. The van der Waals surface area contributed by atoms with Crippen LogP contribution in [0.4, 0.5) is 11.4 Å². The number of nitrogens with zero attached hydrogens (tertiary/aromatic N) is 1. The zero-order valence-electron chi connectivity index (χ0n) is 13.2. The Kier molecular flexibility index (Phi) is 9.18. The molecule has 0 atom stereocenters. The average Bonchev–Trinajstić information content (AvgIpc) is 2.56. The zero-order valence-corrected chi connectivity index (χ0v) is 13.2. The molecule has 0 aromatic heterocycles. The molecule has 8 nitrogen and oxygen atoms in total. The first-order chi connectivity index (χ1) is 11.2. The van der Waals surface area contributed by atoms with Crippen LogP contribution >= 0.6 is 0 Å². The van der Waals surface area contributed by atoms with Gasteiger partial charge in [0.15, 0.2) is 0 Å². The van der Waals surface area contributed by atoms with E-state index in [4.69, 9.17) is 18.9 Å². The van der Waals surface area contributed by atoms with E-state index in [-0.39, 0.29) is 12.3 Å². The molecule has 0 saturated heterocycles. The lowest BCUT2D eigenvalue weighted by molar-refractivity contribution is -0.384. The lowest BCUT2D eigenvalue weighted by Crippen LogP contribution is -2.12. The summed E-state index contributed by atoms with van der Waals surface area (Å²) in [4.78, 5) is 10.3. The van der Waals surface area contributed by atoms with Crippen LogP contribution in [0.5, 0.6) is 5.75 Å². The summed E-state index contributed by atoms with van der Waals surface area (Å²) in [5.74, 6) is 0.420. The van der Waals surface area contributed by atoms with E-state index >= 15 is 0 Å². The Bertz CT molecular complexity index is 495. The van der Waals surface area contributed by atoms with Gasteiger partial charge in [-0.2, -0.15) is 0 Å². The van der Waals surface area contributed by atoms with Crippen molar-refractivity contribution in [3.63, 3.8) is 0 Å². The molecule has 0 bridgehead atoms. The summed E-state index contributed by atoms with van der Waals surface area (Å²) in [5, 5.41) is 13.7. The number of nitro groups is 1. The second kappa shape index (κ2) is 11.3. The van der Waals surface area contributed by atoms with Gasteiger partial charge in [0.1, 0.15) is 19.0 Å². The van der Waals surface area contributed by atoms with Crippen LogP contribution in [0.2, 0.25) is 0 Å². The largest absolute Gasteiger partial charge is 0.499 e. The molecule has 1 N–H and O–H groups in total. The maximum absolute atomic E-state index is 10.8. The fourth-order valence-electron chi connectivity index (χ4n) is 1.67. The third-order valence-corrected chi connectivity index (χ3v) is 2.77. The molecule has 0 spiro atoms. The van der Waals surface area contributed by atoms with Crippen molar-refractivity contribution >= 4 is 11.4 Å². The highest BCUT2D eigenvalue weighted by atomic mass is 16.6. The van der Waals surface area contributed by atoms with Crippen LogP contribution in [-0.2, 0) is 14.2 Å². The van der Waals surface area contributed by atoms with Crippen molar-refractivity contribution in [1.82, 2.24) is 0 Å². The van der Waals surface area contributed by atoms with Crippen molar-refractivity contribution in [2.45, 2.75) is 0 Å². The minimum Gasteiger partial charge on any atom is -0.499 e. The van der Waals surface area contributed by atoms with E-state index in [1.165, 1.54) is 18.4 Å². The van der Waals surface area contributed by atoms with Crippen molar-refractivity contribution in [2.75, 3.05) is 52.0 Å².